The van der Waals surface area contributed by atoms with E-state index in [0.29, 0.717) is 0 Å². The molecule has 0 amide bonds. The summed E-state index contributed by atoms with van der Waals surface area (Å²) in [7, 11) is 1.76. The highest BCUT2D eigenvalue weighted by molar-refractivity contribution is 9.10. The minimum absolute atomic E-state index is 0.00173. The SMILES string of the molecule is Cc1cc(=O)n(C)cc1-c1cnn(C(C)c2ccc(Br)cc2)c1. The van der Waals surface area contributed by atoms with Crippen molar-refractivity contribution in [1.29, 1.82) is 0 Å². The van der Waals surface area contributed by atoms with Crippen LogP contribution in [0.4, 0.5) is 0 Å². The molecule has 0 aliphatic carbocycles. The van der Waals surface area contributed by atoms with Crippen molar-refractivity contribution >= 4 is 15.9 Å². The number of nitrogens with zero attached hydrogens (tertiary/aromatic N) is 3. The van der Waals surface area contributed by atoms with Crippen LogP contribution in [0.5, 0.6) is 0 Å². The number of halogens is 1. The summed E-state index contributed by atoms with van der Waals surface area (Å²) in [5, 5.41) is 4.50. The first-order chi connectivity index (χ1) is 11.0. The van der Waals surface area contributed by atoms with E-state index in [1.165, 1.54) is 5.56 Å². The molecule has 0 saturated heterocycles. The van der Waals surface area contributed by atoms with E-state index in [9.17, 15) is 4.79 Å². The molecule has 23 heavy (non-hydrogen) atoms. The summed E-state index contributed by atoms with van der Waals surface area (Å²) in [4.78, 5) is 11.7. The molecule has 0 saturated carbocycles. The second kappa shape index (κ2) is 6.16. The molecule has 0 bridgehead atoms. The summed E-state index contributed by atoms with van der Waals surface area (Å²) in [6.45, 7) is 4.07. The van der Waals surface area contributed by atoms with Gasteiger partial charge in [-0.1, -0.05) is 28.1 Å². The fourth-order valence-electron chi connectivity index (χ4n) is 2.61. The van der Waals surface area contributed by atoms with Gasteiger partial charge >= 0.3 is 0 Å². The summed E-state index contributed by atoms with van der Waals surface area (Å²) < 4.78 is 4.61. The maximum atomic E-state index is 11.7. The highest BCUT2D eigenvalue weighted by atomic mass is 79.9. The van der Waals surface area contributed by atoms with Gasteiger partial charge in [-0.05, 0) is 37.1 Å². The van der Waals surface area contributed by atoms with Gasteiger partial charge in [0.05, 0.1) is 12.2 Å². The molecule has 0 N–H and O–H groups in total. The Morgan fingerprint density at radius 1 is 1.17 bits per heavy atom. The van der Waals surface area contributed by atoms with Crippen molar-refractivity contribution in [1.82, 2.24) is 14.3 Å². The summed E-state index contributed by atoms with van der Waals surface area (Å²) >= 11 is 3.46. The van der Waals surface area contributed by atoms with Crippen LogP contribution < -0.4 is 5.56 Å². The lowest BCUT2D eigenvalue weighted by Crippen LogP contribution is -2.15. The Morgan fingerprint density at radius 3 is 2.57 bits per heavy atom. The molecule has 1 atom stereocenters. The Labute approximate surface area is 143 Å². The lowest BCUT2D eigenvalue weighted by molar-refractivity contribution is 0.564. The summed E-state index contributed by atoms with van der Waals surface area (Å²) in [6, 6.07) is 10.1. The fraction of sp³-hybridized carbons (Fsp3) is 0.222. The van der Waals surface area contributed by atoms with Gasteiger partial charge in [-0.15, -0.1) is 0 Å². The fourth-order valence-corrected chi connectivity index (χ4v) is 2.87. The number of aromatic nitrogens is 3. The summed E-state index contributed by atoms with van der Waals surface area (Å²) in [6.07, 6.45) is 5.74. The van der Waals surface area contributed by atoms with Gasteiger partial charge in [0.2, 0.25) is 0 Å². The maximum Gasteiger partial charge on any atom is 0.250 e. The number of rotatable bonds is 3. The molecule has 0 spiro atoms. The van der Waals surface area contributed by atoms with Gasteiger partial charge in [0.15, 0.2) is 0 Å². The molecule has 0 radical (unpaired) electrons. The lowest BCUT2D eigenvalue weighted by atomic mass is 10.1. The molecular formula is C18H18BrN3O. The van der Waals surface area contributed by atoms with E-state index in [0.717, 1.165) is 21.2 Å². The van der Waals surface area contributed by atoms with Crippen molar-refractivity contribution in [3.05, 3.63) is 74.9 Å². The van der Waals surface area contributed by atoms with Crippen LogP contribution in [0.15, 0.2) is 58.2 Å². The topological polar surface area (TPSA) is 39.8 Å². The first-order valence-corrected chi connectivity index (χ1v) is 8.22. The van der Waals surface area contributed by atoms with Crippen molar-refractivity contribution in [3.8, 4) is 11.1 Å². The number of pyridine rings is 1. The Hall–Kier alpha value is -2.14. The van der Waals surface area contributed by atoms with Crippen LogP contribution in [-0.4, -0.2) is 14.3 Å². The molecule has 5 heteroatoms. The average molecular weight is 372 g/mol. The van der Waals surface area contributed by atoms with E-state index in [-0.39, 0.29) is 11.6 Å². The van der Waals surface area contributed by atoms with Gasteiger partial charge in [0.1, 0.15) is 0 Å². The normalized spacial score (nSPS) is 12.3. The second-order valence-electron chi connectivity index (χ2n) is 5.76. The van der Waals surface area contributed by atoms with E-state index in [2.05, 4.69) is 40.1 Å². The predicted octanol–water partition coefficient (Wildman–Crippen LogP) is 3.93. The molecule has 1 unspecified atom stereocenters. The first-order valence-electron chi connectivity index (χ1n) is 7.43. The number of aryl methyl sites for hydroxylation is 2. The van der Waals surface area contributed by atoms with Crippen molar-refractivity contribution in [3.63, 3.8) is 0 Å². The number of hydrogen-bond donors (Lipinski definition) is 0. The third-order valence-electron chi connectivity index (χ3n) is 4.10. The van der Waals surface area contributed by atoms with Crippen molar-refractivity contribution < 1.29 is 0 Å². The third kappa shape index (κ3) is 3.15. The minimum Gasteiger partial charge on any atom is -0.318 e. The molecular weight excluding hydrogens is 354 g/mol. The lowest BCUT2D eigenvalue weighted by Gasteiger charge is -2.12. The Bertz CT molecular complexity index is 893. The molecule has 0 aliphatic heterocycles. The maximum absolute atomic E-state index is 11.7. The average Bonchev–Trinajstić information content (AvgIpc) is 3.00. The van der Waals surface area contributed by atoms with E-state index < -0.39 is 0 Å². The quantitative estimate of drug-likeness (QED) is 0.699. The van der Waals surface area contributed by atoms with E-state index in [4.69, 9.17) is 0 Å². The Morgan fingerprint density at radius 2 is 1.87 bits per heavy atom. The van der Waals surface area contributed by atoms with E-state index in [1.807, 2.05) is 42.3 Å². The van der Waals surface area contributed by atoms with Crippen LogP contribution in [0.25, 0.3) is 11.1 Å². The zero-order chi connectivity index (χ0) is 16.6. The van der Waals surface area contributed by atoms with Crippen molar-refractivity contribution in [2.75, 3.05) is 0 Å². The van der Waals surface area contributed by atoms with Crippen LogP contribution >= 0.6 is 15.9 Å². The first kappa shape index (κ1) is 15.7. The Kier molecular flexibility index (Phi) is 4.22. The smallest absolute Gasteiger partial charge is 0.250 e. The van der Waals surface area contributed by atoms with Crippen LogP contribution in [0.3, 0.4) is 0 Å². The molecule has 0 aliphatic rings. The van der Waals surface area contributed by atoms with Crippen LogP contribution in [0.2, 0.25) is 0 Å². The van der Waals surface area contributed by atoms with Crippen LogP contribution in [-0.2, 0) is 7.05 Å². The molecule has 2 aromatic heterocycles. The van der Waals surface area contributed by atoms with Gasteiger partial charge in [-0.2, -0.15) is 5.10 Å². The zero-order valence-corrected chi connectivity index (χ0v) is 14.9. The number of hydrogen-bond acceptors (Lipinski definition) is 2. The molecule has 118 valence electrons. The van der Waals surface area contributed by atoms with Crippen LogP contribution in [0.1, 0.15) is 24.1 Å². The van der Waals surface area contributed by atoms with Crippen LogP contribution in [0, 0.1) is 6.92 Å². The van der Waals surface area contributed by atoms with Gasteiger partial charge in [0, 0.05) is 41.1 Å². The van der Waals surface area contributed by atoms with Gasteiger partial charge in [0.25, 0.3) is 5.56 Å². The summed E-state index contributed by atoms with van der Waals surface area (Å²) in [5.41, 5.74) is 4.20. The van der Waals surface area contributed by atoms with Gasteiger partial charge in [-0.25, -0.2) is 0 Å². The third-order valence-corrected chi connectivity index (χ3v) is 4.63. The van der Waals surface area contributed by atoms with E-state index >= 15 is 0 Å². The zero-order valence-electron chi connectivity index (χ0n) is 13.3. The number of benzene rings is 1. The highest BCUT2D eigenvalue weighted by Crippen LogP contribution is 2.25. The Balaban J connectivity index is 1.96. The molecule has 4 nitrogen and oxygen atoms in total. The molecule has 2 heterocycles. The van der Waals surface area contributed by atoms with Gasteiger partial charge in [-0.3, -0.25) is 9.48 Å². The monoisotopic (exact) mass is 371 g/mol. The molecule has 3 aromatic rings. The standard InChI is InChI=1S/C18H18BrN3O/c1-12-8-18(23)21(3)11-17(12)15-9-20-22(10-15)13(2)14-4-6-16(19)7-5-14/h4-11,13H,1-3H3. The highest BCUT2D eigenvalue weighted by Gasteiger charge is 2.12. The largest absolute Gasteiger partial charge is 0.318 e. The second-order valence-corrected chi connectivity index (χ2v) is 6.67. The van der Waals surface area contributed by atoms with E-state index in [1.54, 1.807) is 17.7 Å². The predicted molar refractivity (Wildman–Crippen MR) is 95.6 cm³/mol. The van der Waals surface area contributed by atoms with Gasteiger partial charge < -0.3 is 4.57 Å². The van der Waals surface area contributed by atoms with Crippen molar-refractivity contribution in [2.24, 2.45) is 7.05 Å². The molecule has 1 aromatic carbocycles. The molecule has 0 fully saturated rings. The summed E-state index contributed by atoms with van der Waals surface area (Å²) in [5.74, 6) is 0. The van der Waals surface area contributed by atoms with Crippen molar-refractivity contribution in [2.45, 2.75) is 19.9 Å². The molecule has 3 rings (SSSR count). The minimum atomic E-state index is 0.00173.